The molecule has 0 aromatic carbocycles. The number of nitrogens with one attached hydrogen (secondary N) is 1. The third-order valence-electron chi connectivity index (χ3n) is 3.97. The molecule has 0 radical (unpaired) electrons. The van der Waals surface area contributed by atoms with Gasteiger partial charge in [-0.2, -0.15) is 0 Å². The van der Waals surface area contributed by atoms with Gasteiger partial charge >= 0.3 is 0 Å². The second kappa shape index (κ2) is 5.48. The molecule has 1 unspecified atom stereocenters. The van der Waals surface area contributed by atoms with Crippen molar-refractivity contribution in [2.75, 3.05) is 39.8 Å². The molecule has 0 spiro atoms. The topological polar surface area (TPSA) is 18.5 Å². The van der Waals surface area contributed by atoms with Crippen molar-refractivity contribution in [3.05, 3.63) is 0 Å². The highest BCUT2D eigenvalue weighted by atomic mass is 15.3. The highest BCUT2D eigenvalue weighted by Gasteiger charge is 2.27. The molecule has 94 valence electrons. The smallest absolute Gasteiger partial charge is 0.0244 e. The maximum Gasteiger partial charge on any atom is 0.0244 e. The Morgan fingerprint density at radius 3 is 2.25 bits per heavy atom. The molecule has 0 amide bonds. The van der Waals surface area contributed by atoms with Crippen LogP contribution in [-0.2, 0) is 0 Å². The fourth-order valence-electron chi connectivity index (χ4n) is 2.51. The summed E-state index contributed by atoms with van der Waals surface area (Å²) in [5.74, 6) is 0.759. The fourth-order valence-corrected chi connectivity index (χ4v) is 2.51. The van der Waals surface area contributed by atoms with Gasteiger partial charge in [0.1, 0.15) is 0 Å². The van der Waals surface area contributed by atoms with E-state index >= 15 is 0 Å². The predicted molar refractivity (Wildman–Crippen MR) is 68.7 cm³/mol. The lowest BCUT2D eigenvalue weighted by Gasteiger charge is -2.40. The third kappa shape index (κ3) is 3.44. The quantitative estimate of drug-likeness (QED) is 0.753. The van der Waals surface area contributed by atoms with Crippen LogP contribution in [0, 0.1) is 5.92 Å². The maximum absolute atomic E-state index is 3.69. The largest absolute Gasteiger partial charge is 0.312 e. The van der Waals surface area contributed by atoms with E-state index in [-0.39, 0.29) is 0 Å². The summed E-state index contributed by atoms with van der Waals surface area (Å²) in [4.78, 5) is 5.11. The molecule has 3 nitrogen and oxygen atoms in total. The monoisotopic (exact) mass is 225 g/mol. The van der Waals surface area contributed by atoms with E-state index in [9.17, 15) is 0 Å². The van der Waals surface area contributed by atoms with E-state index in [2.05, 4.69) is 36.0 Å². The van der Waals surface area contributed by atoms with Gasteiger partial charge in [0, 0.05) is 44.8 Å². The zero-order valence-corrected chi connectivity index (χ0v) is 11.1. The van der Waals surface area contributed by atoms with Gasteiger partial charge in [-0.3, -0.25) is 4.90 Å². The van der Waals surface area contributed by atoms with E-state index in [1.165, 1.54) is 45.6 Å². The van der Waals surface area contributed by atoms with Gasteiger partial charge in [-0.15, -0.1) is 0 Å². The van der Waals surface area contributed by atoms with Crippen molar-refractivity contribution < 1.29 is 0 Å². The zero-order valence-electron chi connectivity index (χ0n) is 11.1. The van der Waals surface area contributed by atoms with E-state index in [1.54, 1.807) is 0 Å². The van der Waals surface area contributed by atoms with E-state index in [4.69, 9.17) is 0 Å². The Kier molecular flexibility index (Phi) is 4.22. The van der Waals surface area contributed by atoms with Crippen LogP contribution in [0.3, 0.4) is 0 Å². The molecule has 2 fully saturated rings. The number of nitrogens with zero attached hydrogens (tertiary/aromatic N) is 2. The van der Waals surface area contributed by atoms with Crippen LogP contribution < -0.4 is 5.32 Å². The minimum absolute atomic E-state index is 0.731. The van der Waals surface area contributed by atoms with E-state index < -0.39 is 0 Å². The lowest BCUT2D eigenvalue weighted by molar-refractivity contribution is 0.0875. The highest BCUT2D eigenvalue weighted by molar-refractivity contribution is 4.86. The number of hydrogen-bond acceptors (Lipinski definition) is 3. The van der Waals surface area contributed by atoms with Gasteiger partial charge < -0.3 is 10.2 Å². The molecule has 1 atom stereocenters. The van der Waals surface area contributed by atoms with Crippen LogP contribution in [0.25, 0.3) is 0 Å². The maximum atomic E-state index is 3.69. The Hall–Kier alpha value is -0.120. The van der Waals surface area contributed by atoms with Crippen LogP contribution in [0.4, 0.5) is 0 Å². The van der Waals surface area contributed by atoms with Crippen molar-refractivity contribution >= 4 is 0 Å². The molecular weight excluding hydrogens is 198 g/mol. The summed E-state index contributed by atoms with van der Waals surface area (Å²) >= 11 is 0. The summed E-state index contributed by atoms with van der Waals surface area (Å²) in [6.45, 7) is 10.8. The van der Waals surface area contributed by atoms with Crippen LogP contribution in [-0.4, -0.2) is 61.7 Å². The number of piperazine rings is 1. The minimum Gasteiger partial charge on any atom is -0.312 e. The Labute approximate surface area is 100 Å². The average molecular weight is 225 g/mol. The standard InChI is InChI=1S/C13H27N3/c1-11(2)13(10-14-12-4-5-12)16-8-6-15(3)7-9-16/h11-14H,4-10H2,1-3H3. The summed E-state index contributed by atoms with van der Waals surface area (Å²) in [7, 11) is 2.23. The van der Waals surface area contributed by atoms with Crippen molar-refractivity contribution in [3.8, 4) is 0 Å². The first-order valence-corrected chi connectivity index (χ1v) is 6.83. The van der Waals surface area contributed by atoms with Gasteiger partial charge in [0.2, 0.25) is 0 Å². The summed E-state index contributed by atoms with van der Waals surface area (Å²) in [6, 6.07) is 1.57. The first-order valence-electron chi connectivity index (χ1n) is 6.83. The predicted octanol–water partition coefficient (Wildman–Crippen LogP) is 1.01. The third-order valence-corrected chi connectivity index (χ3v) is 3.97. The SMILES string of the molecule is CC(C)C(CNC1CC1)N1CCN(C)CC1. The Bertz CT molecular complexity index is 205. The van der Waals surface area contributed by atoms with Crippen LogP contribution in [0.15, 0.2) is 0 Å². The summed E-state index contributed by atoms with van der Waals surface area (Å²) < 4.78 is 0. The van der Waals surface area contributed by atoms with Gasteiger partial charge in [0.25, 0.3) is 0 Å². The molecule has 2 aliphatic rings. The van der Waals surface area contributed by atoms with Gasteiger partial charge in [-0.1, -0.05) is 13.8 Å². The van der Waals surface area contributed by atoms with Crippen LogP contribution in [0.1, 0.15) is 26.7 Å². The molecule has 1 N–H and O–H groups in total. The Balaban J connectivity index is 1.80. The number of likely N-dealkylation sites (N-methyl/N-ethyl adjacent to an activating group) is 1. The second-order valence-corrected chi connectivity index (χ2v) is 5.83. The molecule has 1 saturated heterocycles. The molecule has 1 aliphatic heterocycles. The first-order chi connectivity index (χ1) is 7.66. The minimum atomic E-state index is 0.731. The van der Waals surface area contributed by atoms with Crippen molar-refractivity contribution in [2.24, 2.45) is 5.92 Å². The summed E-state index contributed by atoms with van der Waals surface area (Å²) in [6.07, 6.45) is 2.79. The van der Waals surface area contributed by atoms with E-state index in [0.29, 0.717) is 0 Å². The van der Waals surface area contributed by atoms with E-state index in [0.717, 1.165) is 18.0 Å². The van der Waals surface area contributed by atoms with Crippen molar-refractivity contribution in [2.45, 2.75) is 38.8 Å². The van der Waals surface area contributed by atoms with Gasteiger partial charge in [0.05, 0.1) is 0 Å². The van der Waals surface area contributed by atoms with Crippen molar-refractivity contribution in [3.63, 3.8) is 0 Å². The van der Waals surface area contributed by atoms with Crippen LogP contribution >= 0.6 is 0 Å². The summed E-state index contributed by atoms with van der Waals surface area (Å²) in [5, 5.41) is 3.69. The molecule has 0 aromatic heterocycles. The molecule has 1 aliphatic carbocycles. The molecule has 1 heterocycles. The van der Waals surface area contributed by atoms with Gasteiger partial charge in [-0.05, 0) is 25.8 Å². The second-order valence-electron chi connectivity index (χ2n) is 5.83. The van der Waals surface area contributed by atoms with Crippen molar-refractivity contribution in [1.29, 1.82) is 0 Å². The average Bonchev–Trinajstić information content (AvgIpc) is 3.04. The number of rotatable bonds is 5. The first kappa shape index (κ1) is 12.3. The molecule has 0 aromatic rings. The Morgan fingerprint density at radius 2 is 1.75 bits per heavy atom. The molecule has 16 heavy (non-hydrogen) atoms. The van der Waals surface area contributed by atoms with Crippen LogP contribution in [0.5, 0.6) is 0 Å². The van der Waals surface area contributed by atoms with Crippen molar-refractivity contribution in [1.82, 2.24) is 15.1 Å². The van der Waals surface area contributed by atoms with Gasteiger partial charge in [-0.25, -0.2) is 0 Å². The fraction of sp³-hybridized carbons (Fsp3) is 1.00. The molecule has 3 heteroatoms. The Morgan fingerprint density at radius 1 is 1.12 bits per heavy atom. The lowest BCUT2D eigenvalue weighted by Crippen LogP contribution is -2.53. The van der Waals surface area contributed by atoms with Gasteiger partial charge in [0.15, 0.2) is 0 Å². The molecular formula is C13H27N3. The number of hydrogen-bond donors (Lipinski definition) is 1. The molecule has 0 bridgehead atoms. The van der Waals surface area contributed by atoms with Crippen LogP contribution in [0.2, 0.25) is 0 Å². The highest BCUT2D eigenvalue weighted by Crippen LogP contribution is 2.20. The summed E-state index contributed by atoms with van der Waals surface area (Å²) in [5.41, 5.74) is 0. The molecule has 1 saturated carbocycles. The van der Waals surface area contributed by atoms with E-state index in [1.807, 2.05) is 0 Å². The molecule has 2 rings (SSSR count). The zero-order chi connectivity index (χ0) is 11.5. The normalized spacial score (nSPS) is 26.2. The lowest BCUT2D eigenvalue weighted by atomic mass is 10.0.